The van der Waals surface area contributed by atoms with E-state index in [4.69, 9.17) is 4.74 Å². The Hall–Kier alpha value is -2.60. The van der Waals surface area contributed by atoms with Crippen LogP contribution in [0.25, 0.3) is 0 Å². The van der Waals surface area contributed by atoms with E-state index in [2.05, 4.69) is 34.1 Å². The average Bonchev–Trinajstić information content (AvgIpc) is 3.10. The average molecular weight is 339 g/mol. The van der Waals surface area contributed by atoms with Gasteiger partial charge < -0.3 is 9.64 Å². The van der Waals surface area contributed by atoms with E-state index in [0.717, 1.165) is 49.5 Å². The molecule has 1 saturated heterocycles. The van der Waals surface area contributed by atoms with Gasteiger partial charge in [0, 0.05) is 62.0 Å². The topological polar surface area (TPSA) is 58.9 Å². The van der Waals surface area contributed by atoms with Crippen LogP contribution in [0.1, 0.15) is 11.1 Å². The number of para-hydroxylation sites is 1. The number of anilines is 1. The second kappa shape index (κ2) is 6.72. The first-order valence-corrected chi connectivity index (χ1v) is 8.66. The molecule has 2 aromatic rings. The summed E-state index contributed by atoms with van der Waals surface area (Å²) in [5.41, 5.74) is 3.15. The molecular weight excluding hydrogens is 318 g/mol. The highest BCUT2D eigenvalue weighted by Crippen LogP contribution is 2.33. The van der Waals surface area contributed by atoms with E-state index in [1.54, 1.807) is 6.07 Å². The number of hydrogen-bond acceptors (Lipinski definition) is 5. The van der Waals surface area contributed by atoms with E-state index in [9.17, 15) is 10.1 Å². The molecule has 0 saturated carbocycles. The monoisotopic (exact) mass is 339 g/mol. The Morgan fingerprint density at radius 3 is 2.56 bits per heavy atom. The van der Waals surface area contributed by atoms with Gasteiger partial charge in [-0.2, -0.15) is 0 Å². The van der Waals surface area contributed by atoms with E-state index in [-0.39, 0.29) is 10.6 Å². The fraction of sp³-hybridized carbons (Fsp3) is 0.368. The summed E-state index contributed by atoms with van der Waals surface area (Å²) in [7, 11) is 0. The van der Waals surface area contributed by atoms with Crippen LogP contribution >= 0.6 is 0 Å². The van der Waals surface area contributed by atoms with Crippen molar-refractivity contribution < 1.29 is 9.66 Å². The molecule has 1 fully saturated rings. The minimum absolute atomic E-state index is 0.217. The molecule has 4 rings (SSSR count). The molecule has 130 valence electrons. The molecule has 0 unspecified atom stereocenters. The first-order chi connectivity index (χ1) is 12.2. The SMILES string of the molecule is O=[N+]([O-])c1cc2c(cc1CN1CCN(c3ccccc3)CC1)OCC2. The number of ether oxygens (including phenoxy) is 1. The second-order valence-corrected chi connectivity index (χ2v) is 6.54. The van der Waals surface area contributed by atoms with Gasteiger partial charge in [-0.3, -0.25) is 15.0 Å². The molecule has 0 bridgehead atoms. The van der Waals surface area contributed by atoms with Gasteiger partial charge in [-0.05, 0) is 18.2 Å². The van der Waals surface area contributed by atoms with Gasteiger partial charge in [0.25, 0.3) is 5.69 Å². The van der Waals surface area contributed by atoms with Gasteiger partial charge in [0.1, 0.15) is 5.75 Å². The van der Waals surface area contributed by atoms with Crippen LogP contribution in [0, 0.1) is 10.1 Å². The summed E-state index contributed by atoms with van der Waals surface area (Å²) in [6.45, 7) is 4.85. The summed E-state index contributed by atoms with van der Waals surface area (Å²) in [6, 6.07) is 13.9. The lowest BCUT2D eigenvalue weighted by Gasteiger charge is -2.36. The third-order valence-electron chi connectivity index (χ3n) is 4.98. The molecular formula is C19H21N3O3. The van der Waals surface area contributed by atoms with Crippen LogP contribution in [0.5, 0.6) is 5.75 Å². The Kier molecular flexibility index (Phi) is 4.28. The Balaban J connectivity index is 1.46. The van der Waals surface area contributed by atoms with Gasteiger partial charge in [-0.1, -0.05) is 18.2 Å². The third-order valence-corrected chi connectivity index (χ3v) is 4.98. The van der Waals surface area contributed by atoms with E-state index in [1.807, 2.05) is 12.1 Å². The van der Waals surface area contributed by atoms with Crippen molar-refractivity contribution in [2.75, 3.05) is 37.7 Å². The van der Waals surface area contributed by atoms with E-state index >= 15 is 0 Å². The Bertz CT molecular complexity index is 771. The zero-order valence-corrected chi connectivity index (χ0v) is 14.1. The van der Waals surface area contributed by atoms with Crippen LogP contribution in [-0.4, -0.2) is 42.6 Å². The van der Waals surface area contributed by atoms with E-state index in [0.29, 0.717) is 13.2 Å². The maximum absolute atomic E-state index is 11.4. The fourth-order valence-electron chi connectivity index (χ4n) is 3.59. The highest BCUT2D eigenvalue weighted by atomic mass is 16.6. The van der Waals surface area contributed by atoms with Crippen LogP contribution in [0.15, 0.2) is 42.5 Å². The highest BCUT2D eigenvalue weighted by Gasteiger charge is 2.25. The quantitative estimate of drug-likeness (QED) is 0.633. The smallest absolute Gasteiger partial charge is 0.274 e. The second-order valence-electron chi connectivity index (χ2n) is 6.54. The predicted octanol–water partition coefficient (Wildman–Crippen LogP) is 2.85. The van der Waals surface area contributed by atoms with Gasteiger partial charge in [-0.15, -0.1) is 0 Å². The lowest BCUT2D eigenvalue weighted by atomic mass is 10.1. The van der Waals surface area contributed by atoms with E-state index in [1.165, 1.54) is 5.69 Å². The first kappa shape index (κ1) is 15.9. The summed E-state index contributed by atoms with van der Waals surface area (Å²) in [5, 5.41) is 11.4. The minimum atomic E-state index is -0.270. The number of benzene rings is 2. The molecule has 25 heavy (non-hydrogen) atoms. The third kappa shape index (κ3) is 3.30. The molecule has 0 radical (unpaired) electrons. The molecule has 2 aliphatic rings. The molecule has 2 aliphatic heterocycles. The van der Waals surface area contributed by atoms with Crippen LogP contribution < -0.4 is 9.64 Å². The van der Waals surface area contributed by atoms with Gasteiger partial charge in [0.2, 0.25) is 0 Å². The number of rotatable bonds is 4. The van der Waals surface area contributed by atoms with Gasteiger partial charge in [0.05, 0.1) is 11.5 Å². The number of nitro groups is 1. The van der Waals surface area contributed by atoms with Crippen LogP contribution in [0.3, 0.4) is 0 Å². The number of fused-ring (bicyclic) bond motifs is 1. The largest absolute Gasteiger partial charge is 0.493 e. The molecule has 0 aromatic heterocycles. The van der Waals surface area contributed by atoms with Crippen molar-refractivity contribution in [2.24, 2.45) is 0 Å². The molecule has 6 nitrogen and oxygen atoms in total. The zero-order chi connectivity index (χ0) is 17.2. The molecule has 2 aromatic carbocycles. The number of piperazine rings is 1. The number of hydrogen-bond donors (Lipinski definition) is 0. The number of nitrogens with zero attached hydrogens (tertiary/aromatic N) is 3. The summed E-state index contributed by atoms with van der Waals surface area (Å²) >= 11 is 0. The van der Waals surface area contributed by atoms with Crippen molar-refractivity contribution in [1.82, 2.24) is 4.90 Å². The van der Waals surface area contributed by atoms with Crippen molar-refractivity contribution in [1.29, 1.82) is 0 Å². The van der Waals surface area contributed by atoms with Gasteiger partial charge in [0.15, 0.2) is 0 Å². The standard InChI is InChI=1S/C19H21N3O3/c23-22(24)18-12-15-6-11-25-19(15)13-16(18)14-20-7-9-21(10-8-20)17-4-2-1-3-5-17/h1-5,12-13H,6-11,14H2. The first-order valence-electron chi connectivity index (χ1n) is 8.66. The van der Waals surface area contributed by atoms with Crippen molar-refractivity contribution in [3.05, 3.63) is 63.7 Å². The summed E-state index contributed by atoms with van der Waals surface area (Å²) in [4.78, 5) is 15.8. The van der Waals surface area contributed by atoms with Gasteiger partial charge in [-0.25, -0.2) is 0 Å². The lowest BCUT2D eigenvalue weighted by Crippen LogP contribution is -2.46. The molecule has 0 aliphatic carbocycles. The van der Waals surface area contributed by atoms with Crippen LogP contribution in [0.2, 0.25) is 0 Å². The summed E-state index contributed by atoms with van der Waals surface area (Å²) < 4.78 is 5.59. The summed E-state index contributed by atoms with van der Waals surface area (Å²) in [6.07, 6.45) is 0.756. The molecule has 6 heteroatoms. The lowest BCUT2D eigenvalue weighted by molar-refractivity contribution is -0.385. The molecule has 0 spiro atoms. The zero-order valence-electron chi connectivity index (χ0n) is 14.1. The maximum Gasteiger partial charge on any atom is 0.274 e. The van der Waals surface area contributed by atoms with Crippen molar-refractivity contribution >= 4 is 11.4 Å². The van der Waals surface area contributed by atoms with Gasteiger partial charge >= 0.3 is 0 Å². The molecule has 0 amide bonds. The molecule has 0 N–H and O–H groups in total. The van der Waals surface area contributed by atoms with E-state index < -0.39 is 0 Å². The fourth-order valence-corrected chi connectivity index (χ4v) is 3.59. The molecule has 0 atom stereocenters. The Morgan fingerprint density at radius 1 is 1.08 bits per heavy atom. The summed E-state index contributed by atoms with van der Waals surface area (Å²) in [5.74, 6) is 0.809. The molecule has 2 heterocycles. The van der Waals surface area contributed by atoms with Crippen molar-refractivity contribution in [2.45, 2.75) is 13.0 Å². The Morgan fingerprint density at radius 2 is 1.84 bits per heavy atom. The van der Waals surface area contributed by atoms with Crippen LogP contribution in [-0.2, 0) is 13.0 Å². The van der Waals surface area contributed by atoms with Crippen molar-refractivity contribution in [3.8, 4) is 5.75 Å². The number of nitro benzene ring substituents is 1. The maximum atomic E-state index is 11.4. The predicted molar refractivity (Wildman–Crippen MR) is 96.2 cm³/mol. The van der Waals surface area contributed by atoms with Crippen molar-refractivity contribution in [3.63, 3.8) is 0 Å². The highest BCUT2D eigenvalue weighted by molar-refractivity contribution is 5.52. The normalized spacial score (nSPS) is 17.2. The van der Waals surface area contributed by atoms with Crippen LogP contribution in [0.4, 0.5) is 11.4 Å². The minimum Gasteiger partial charge on any atom is -0.493 e. The Labute approximate surface area is 146 Å².